The molecule has 0 saturated heterocycles. The Balaban J connectivity index is 2.06. The molecule has 0 spiro atoms. The number of allylic oxidation sites excluding steroid dienone is 2. The lowest BCUT2D eigenvalue weighted by Gasteiger charge is -2.19. The van der Waals surface area contributed by atoms with Crippen molar-refractivity contribution in [1.29, 1.82) is 0 Å². The zero-order valence-corrected chi connectivity index (χ0v) is 17.8. The first-order valence-corrected chi connectivity index (χ1v) is 10.2. The number of anilines is 1. The third-order valence-electron chi connectivity index (χ3n) is 4.93. The third-order valence-corrected chi connectivity index (χ3v) is 4.93. The molecule has 8 heteroatoms. The van der Waals surface area contributed by atoms with Crippen LogP contribution in [-0.4, -0.2) is 52.9 Å². The normalized spacial score (nSPS) is 12.1. The van der Waals surface area contributed by atoms with Crippen LogP contribution < -0.4 is 16.1 Å². The highest BCUT2D eigenvalue weighted by Crippen LogP contribution is 2.26. The fourth-order valence-electron chi connectivity index (χ4n) is 3.35. The highest BCUT2D eigenvalue weighted by molar-refractivity contribution is 6.45. The molecule has 3 N–H and O–H groups in total. The molecule has 30 heavy (non-hydrogen) atoms. The van der Waals surface area contributed by atoms with Crippen LogP contribution in [0.1, 0.15) is 20.8 Å². The second-order valence-electron chi connectivity index (χ2n) is 6.87. The van der Waals surface area contributed by atoms with Crippen LogP contribution >= 0.6 is 0 Å². The summed E-state index contributed by atoms with van der Waals surface area (Å²) in [5.74, 6) is 1.72. The number of nitrogens with zero attached hydrogens (tertiary/aromatic N) is 5. The summed E-state index contributed by atoms with van der Waals surface area (Å²) in [6.45, 7) is 9.21. The number of aliphatic imine (C=N–C) groups is 1. The van der Waals surface area contributed by atoms with Crippen LogP contribution in [0.25, 0.3) is 22.4 Å². The first-order valence-electron chi connectivity index (χ1n) is 10.2. The van der Waals surface area contributed by atoms with E-state index in [1.807, 2.05) is 49.5 Å². The topological polar surface area (TPSA) is 92.6 Å². The van der Waals surface area contributed by atoms with Gasteiger partial charge in [-0.15, -0.1) is 0 Å². The van der Waals surface area contributed by atoms with Gasteiger partial charge in [0.1, 0.15) is 11.6 Å². The van der Waals surface area contributed by atoms with Crippen molar-refractivity contribution < 1.29 is 5.02 Å². The summed E-state index contributed by atoms with van der Waals surface area (Å²) in [6.07, 6.45) is 5.40. The van der Waals surface area contributed by atoms with E-state index in [1.165, 1.54) is 0 Å². The minimum atomic E-state index is 0.474. The summed E-state index contributed by atoms with van der Waals surface area (Å²) in [7, 11) is 1.08. The molecule has 0 saturated carbocycles. The fourth-order valence-corrected chi connectivity index (χ4v) is 3.35. The molecule has 0 aliphatic heterocycles. The monoisotopic (exact) mass is 403 g/mol. The second kappa shape index (κ2) is 10.1. The quantitative estimate of drug-likeness (QED) is 0.422. The van der Waals surface area contributed by atoms with Gasteiger partial charge in [0.25, 0.3) is 0 Å². The lowest BCUT2D eigenvalue weighted by molar-refractivity contribution is 0.615. The molecule has 0 unspecified atom stereocenters. The molecule has 1 aromatic carbocycles. The van der Waals surface area contributed by atoms with Crippen molar-refractivity contribution in [3.63, 3.8) is 0 Å². The van der Waals surface area contributed by atoms with Gasteiger partial charge in [-0.1, -0.05) is 11.5 Å². The van der Waals surface area contributed by atoms with Crippen molar-refractivity contribution in [2.75, 3.05) is 24.5 Å². The summed E-state index contributed by atoms with van der Waals surface area (Å²) < 4.78 is 2.07. The number of hydrogen-bond donors (Lipinski definition) is 2. The minimum Gasteiger partial charge on any atom is -0.450 e. The number of fused-ring (bicyclic) bond motifs is 1. The number of pyridine rings is 1. The molecule has 0 atom stereocenters. The molecular weight excluding hydrogens is 375 g/mol. The van der Waals surface area contributed by atoms with E-state index in [-0.39, 0.29) is 0 Å². The molecule has 0 bridgehead atoms. The standard InChI is InChI=1S/C22H28BN6O/c1-4-25-12-11-18(24)15-29-20-9-8-17(23-30)13-19(20)27-22(29)16-7-10-21(26-14-16)28(5-2)6-3/h7-14,30H,4-6,15,24H2,1-3H3. The molecule has 0 aliphatic carbocycles. The zero-order chi connectivity index (χ0) is 21.5. The third kappa shape index (κ3) is 4.71. The van der Waals surface area contributed by atoms with Gasteiger partial charge in [-0.05, 0) is 51.1 Å². The summed E-state index contributed by atoms with van der Waals surface area (Å²) in [5.41, 5.74) is 10.3. The minimum absolute atomic E-state index is 0.474. The van der Waals surface area contributed by atoms with Gasteiger partial charge in [0, 0.05) is 43.3 Å². The van der Waals surface area contributed by atoms with Crippen LogP contribution in [0.2, 0.25) is 0 Å². The Labute approximate surface area is 178 Å². The van der Waals surface area contributed by atoms with Crippen molar-refractivity contribution in [3.05, 3.63) is 48.3 Å². The average molecular weight is 403 g/mol. The van der Waals surface area contributed by atoms with E-state index in [0.29, 0.717) is 24.2 Å². The fraction of sp³-hybridized carbons (Fsp3) is 0.318. The lowest BCUT2D eigenvalue weighted by atomic mass is 9.89. The molecule has 3 rings (SSSR count). The van der Waals surface area contributed by atoms with Crippen LogP contribution in [0.4, 0.5) is 5.82 Å². The molecule has 3 aromatic rings. The number of aromatic nitrogens is 3. The van der Waals surface area contributed by atoms with E-state index in [9.17, 15) is 5.02 Å². The Hall–Kier alpha value is -3.13. The Kier molecular flexibility index (Phi) is 7.24. The smallest absolute Gasteiger partial charge is 0.326 e. The average Bonchev–Trinajstić information content (AvgIpc) is 3.12. The highest BCUT2D eigenvalue weighted by atomic mass is 16.2. The predicted molar refractivity (Wildman–Crippen MR) is 125 cm³/mol. The Morgan fingerprint density at radius 2 is 2.03 bits per heavy atom. The van der Waals surface area contributed by atoms with Gasteiger partial charge >= 0.3 is 7.48 Å². The highest BCUT2D eigenvalue weighted by Gasteiger charge is 2.15. The number of imidazole rings is 1. The maximum absolute atomic E-state index is 9.37. The Bertz CT molecular complexity index is 1040. The van der Waals surface area contributed by atoms with Crippen molar-refractivity contribution >= 4 is 36.0 Å². The zero-order valence-electron chi connectivity index (χ0n) is 17.8. The maximum atomic E-state index is 9.37. The predicted octanol–water partition coefficient (Wildman–Crippen LogP) is 2.11. The summed E-state index contributed by atoms with van der Waals surface area (Å²) in [4.78, 5) is 15.9. The molecule has 0 amide bonds. The van der Waals surface area contributed by atoms with E-state index < -0.39 is 0 Å². The molecule has 2 aromatic heterocycles. The van der Waals surface area contributed by atoms with Crippen molar-refractivity contribution in [2.24, 2.45) is 10.7 Å². The van der Waals surface area contributed by atoms with E-state index in [2.05, 4.69) is 33.3 Å². The van der Waals surface area contributed by atoms with Gasteiger partial charge in [0.05, 0.1) is 17.6 Å². The van der Waals surface area contributed by atoms with Crippen LogP contribution in [0, 0.1) is 0 Å². The second-order valence-corrected chi connectivity index (χ2v) is 6.87. The van der Waals surface area contributed by atoms with Gasteiger partial charge in [0.2, 0.25) is 0 Å². The molecule has 0 aliphatic rings. The summed E-state index contributed by atoms with van der Waals surface area (Å²) >= 11 is 0. The SMILES string of the molecule is CCN=CC=C(N)Cn1c(-c2ccc(N(CC)CC)nc2)nc2cc([B]O)ccc21. The number of nitrogens with two attached hydrogens (primary N) is 1. The Morgan fingerprint density at radius 3 is 2.67 bits per heavy atom. The number of hydrogen-bond acceptors (Lipinski definition) is 6. The first-order chi connectivity index (χ1) is 14.6. The van der Waals surface area contributed by atoms with Gasteiger partial charge < -0.3 is 20.2 Å². The molecule has 155 valence electrons. The van der Waals surface area contributed by atoms with Gasteiger partial charge in [-0.25, -0.2) is 9.97 Å². The summed E-state index contributed by atoms with van der Waals surface area (Å²) in [5, 5.41) is 9.37. The van der Waals surface area contributed by atoms with Gasteiger partial charge in [0.15, 0.2) is 0 Å². The Morgan fingerprint density at radius 1 is 1.23 bits per heavy atom. The molecule has 1 radical (unpaired) electrons. The van der Waals surface area contributed by atoms with E-state index >= 15 is 0 Å². The van der Waals surface area contributed by atoms with Crippen molar-refractivity contribution in [2.45, 2.75) is 27.3 Å². The van der Waals surface area contributed by atoms with Crippen LogP contribution in [-0.2, 0) is 6.54 Å². The van der Waals surface area contributed by atoms with E-state index in [1.54, 1.807) is 6.21 Å². The van der Waals surface area contributed by atoms with E-state index in [0.717, 1.165) is 48.8 Å². The molecule has 2 heterocycles. The largest absolute Gasteiger partial charge is 0.450 e. The van der Waals surface area contributed by atoms with Crippen molar-refractivity contribution in [1.82, 2.24) is 14.5 Å². The lowest BCUT2D eigenvalue weighted by Crippen LogP contribution is -2.22. The van der Waals surface area contributed by atoms with E-state index in [4.69, 9.17) is 10.7 Å². The van der Waals surface area contributed by atoms with Crippen molar-refractivity contribution in [3.8, 4) is 11.4 Å². The van der Waals surface area contributed by atoms with Crippen LogP contribution in [0.15, 0.2) is 53.3 Å². The van der Waals surface area contributed by atoms with Crippen LogP contribution in [0.5, 0.6) is 0 Å². The van der Waals surface area contributed by atoms with Gasteiger partial charge in [-0.2, -0.15) is 0 Å². The van der Waals surface area contributed by atoms with Gasteiger partial charge in [-0.3, -0.25) is 4.99 Å². The molecular formula is C22H28BN6O. The molecule has 7 nitrogen and oxygen atoms in total. The summed E-state index contributed by atoms with van der Waals surface area (Å²) in [6, 6.07) is 9.71. The first kappa shape index (κ1) is 21.6. The van der Waals surface area contributed by atoms with Crippen LogP contribution in [0.3, 0.4) is 0 Å². The maximum Gasteiger partial charge on any atom is 0.326 e. The number of benzene rings is 1. The molecule has 0 fully saturated rings. The number of rotatable bonds is 9.